The maximum Gasteiger partial charge on any atom is 0.139 e. The molecule has 0 unspecified atom stereocenters. The molecule has 6 rings (SSSR count). The van der Waals surface area contributed by atoms with Gasteiger partial charge in [0, 0.05) is 21.9 Å². The van der Waals surface area contributed by atoms with E-state index in [-0.39, 0.29) is 0 Å². The van der Waals surface area contributed by atoms with Gasteiger partial charge in [-0.05, 0) is 59.7 Å². The number of hydrogen-bond donors (Lipinski definition) is 0. The topological polar surface area (TPSA) is 26.3 Å². The smallest absolute Gasteiger partial charge is 0.139 e. The Morgan fingerprint density at radius 2 is 0.969 bits per heavy atom. The molecule has 0 saturated carbocycles. The molecule has 162 valence electrons. The lowest BCUT2D eigenvalue weighted by Crippen LogP contribution is -1.98. The van der Waals surface area contributed by atoms with E-state index in [1.54, 1.807) is 0 Å². The van der Waals surface area contributed by atoms with Crippen molar-refractivity contribution >= 4 is 43.9 Å². The Bertz CT molecular complexity index is 1380. The Kier molecular flexibility index (Phi) is 4.82. The van der Waals surface area contributed by atoms with Gasteiger partial charge in [0.1, 0.15) is 22.3 Å². The lowest BCUT2D eigenvalue weighted by Gasteiger charge is -2.21. The van der Waals surface area contributed by atoms with E-state index in [1.165, 1.54) is 82.3 Å². The minimum Gasteiger partial charge on any atom is -0.456 e. The number of hydrogen-bond acceptors (Lipinski definition) is 2. The van der Waals surface area contributed by atoms with Crippen LogP contribution in [0.3, 0.4) is 0 Å². The van der Waals surface area contributed by atoms with Crippen LogP contribution in [0.1, 0.15) is 63.5 Å². The molecule has 0 fully saturated rings. The zero-order valence-electron chi connectivity index (χ0n) is 19.1. The van der Waals surface area contributed by atoms with Crippen molar-refractivity contribution in [1.82, 2.24) is 0 Å². The first kappa shape index (κ1) is 19.7. The molecule has 2 heterocycles. The van der Waals surface area contributed by atoms with E-state index in [9.17, 15) is 0 Å². The number of unbranched alkanes of at least 4 members (excludes halogenated alkanes) is 4. The molecular formula is C30H30O2. The standard InChI is InChI=1S/C30H30O2/c1-3-5-7-9-21-13-11-19-15-18-24-27-25(19)29(21)31-23-17-16-20-12-14-22(10-8-6-4-2)30(32-24)26(20)28(23)27/h11-18H,3-10H2,1-2H3. The Hall–Kier alpha value is -3.00. The predicted octanol–water partition coefficient (Wildman–Crippen LogP) is 9.49. The molecule has 0 saturated heterocycles. The largest absolute Gasteiger partial charge is 0.456 e. The van der Waals surface area contributed by atoms with Crippen LogP contribution in [0.25, 0.3) is 55.0 Å². The summed E-state index contributed by atoms with van der Waals surface area (Å²) in [5, 5.41) is 4.90. The predicted molar refractivity (Wildman–Crippen MR) is 135 cm³/mol. The van der Waals surface area contributed by atoms with Crippen LogP contribution in [0.15, 0.2) is 57.4 Å². The molecular weight excluding hydrogens is 392 g/mol. The highest BCUT2D eigenvalue weighted by Crippen LogP contribution is 2.49. The van der Waals surface area contributed by atoms with Gasteiger partial charge in [0.25, 0.3) is 0 Å². The van der Waals surface area contributed by atoms with Crippen LogP contribution >= 0.6 is 0 Å². The molecule has 32 heavy (non-hydrogen) atoms. The summed E-state index contributed by atoms with van der Waals surface area (Å²) in [5.41, 5.74) is 9.07. The fourth-order valence-corrected chi connectivity index (χ4v) is 5.46. The second-order valence-electron chi connectivity index (χ2n) is 9.30. The van der Waals surface area contributed by atoms with Crippen molar-refractivity contribution in [3.8, 4) is 11.1 Å². The third-order valence-electron chi connectivity index (χ3n) is 7.14. The van der Waals surface area contributed by atoms with Crippen molar-refractivity contribution in [1.29, 1.82) is 0 Å². The fourth-order valence-electron chi connectivity index (χ4n) is 5.46. The van der Waals surface area contributed by atoms with Gasteiger partial charge in [-0.1, -0.05) is 75.9 Å². The van der Waals surface area contributed by atoms with E-state index in [4.69, 9.17) is 8.83 Å². The van der Waals surface area contributed by atoms with Gasteiger partial charge in [0.2, 0.25) is 0 Å². The summed E-state index contributed by atoms with van der Waals surface area (Å²) < 4.78 is 13.4. The van der Waals surface area contributed by atoms with Crippen LogP contribution < -0.4 is 0 Å². The molecule has 2 heteroatoms. The Balaban J connectivity index is 1.67. The molecule has 0 radical (unpaired) electrons. The summed E-state index contributed by atoms with van der Waals surface area (Å²) in [6.07, 6.45) is 9.45. The average molecular weight is 423 g/mol. The van der Waals surface area contributed by atoms with Crippen molar-refractivity contribution < 1.29 is 8.83 Å². The van der Waals surface area contributed by atoms with Gasteiger partial charge < -0.3 is 8.83 Å². The Morgan fingerprint density at radius 3 is 1.41 bits per heavy atom. The van der Waals surface area contributed by atoms with Gasteiger partial charge in [-0.15, -0.1) is 0 Å². The van der Waals surface area contributed by atoms with E-state index < -0.39 is 0 Å². The lowest BCUT2D eigenvalue weighted by atomic mass is 9.88. The summed E-state index contributed by atoms with van der Waals surface area (Å²) in [6.45, 7) is 4.51. The van der Waals surface area contributed by atoms with Gasteiger partial charge in [0.15, 0.2) is 0 Å². The van der Waals surface area contributed by atoms with Gasteiger partial charge in [-0.2, -0.15) is 0 Å². The molecule has 2 nitrogen and oxygen atoms in total. The van der Waals surface area contributed by atoms with E-state index >= 15 is 0 Å². The van der Waals surface area contributed by atoms with E-state index in [0.717, 1.165) is 35.2 Å². The normalized spacial score (nSPS) is 12.4. The lowest BCUT2D eigenvalue weighted by molar-refractivity contribution is 0.634. The first-order valence-electron chi connectivity index (χ1n) is 12.3. The van der Waals surface area contributed by atoms with Crippen molar-refractivity contribution in [2.75, 3.05) is 0 Å². The van der Waals surface area contributed by atoms with Crippen LogP contribution in [0, 0.1) is 0 Å². The molecule has 0 spiro atoms. The van der Waals surface area contributed by atoms with Gasteiger partial charge in [0.05, 0.1) is 0 Å². The van der Waals surface area contributed by atoms with Crippen LogP contribution in [0.4, 0.5) is 0 Å². The fraction of sp³-hybridized carbons (Fsp3) is 0.333. The quantitative estimate of drug-likeness (QED) is 0.139. The molecule has 4 aromatic rings. The zero-order valence-corrected chi connectivity index (χ0v) is 19.1. The minimum atomic E-state index is 0.969. The maximum atomic E-state index is 6.68. The Morgan fingerprint density at radius 1 is 0.531 bits per heavy atom. The highest BCUT2D eigenvalue weighted by molar-refractivity contribution is 6.23. The highest BCUT2D eigenvalue weighted by Gasteiger charge is 2.26. The van der Waals surface area contributed by atoms with Gasteiger partial charge in [-0.25, -0.2) is 0 Å². The number of rotatable bonds is 8. The SMILES string of the molecule is CCCCCc1ccc2ccc3oc4c(CCCCC)ccc5ccc6oc1c2c3-c6c54. The second-order valence-corrected chi connectivity index (χ2v) is 9.30. The van der Waals surface area contributed by atoms with Crippen LogP contribution in [0.2, 0.25) is 0 Å². The van der Waals surface area contributed by atoms with Crippen molar-refractivity contribution in [3.05, 3.63) is 59.7 Å². The van der Waals surface area contributed by atoms with Gasteiger partial charge >= 0.3 is 0 Å². The summed E-state index contributed by atoms with van der Waals surface area (Å²) in [7, 11) is 0. The monoisotopic (exact) mass is 422 g/mol. The minimum absolute atomic E-state index is 0.969. The first-order valence-corrected chi connectivity index (χ1v) is 12.3. The van der Waals surface area contributed by atoms with E-state index in [1.807, 2.05) is 0 Å². The average Bonchev–Trinajstić information content (AvgIpc) is 2.83. The van der Waals surface area contributed by atoms with Crippen molar-refractivity contribution in [3.63, 3.8) is 0 Å². The van der Waals surface area contributed by atoms with Crippen LogP contribution in [0.5, 0.6) is 0 Å². The first-order chi connectivity index (χ1) is 15.8. The van der Waals surface area contributed by atoms with Gasteiger partial charge in [-0.3, -0.25) is 0 Å². The van der Waals surface area contributed by atoms with Crippen LogP contribution in [-0.4, -0.2) is 0 Å². The highest BCUT2D eigenvalue weighted by atomic mass is 16.3. The summed E-state index contributed by atoms with van der Waals surface area (Å²) in [6, 6.07) is 17.7. The third-order valence-corrected chi connectivity index (χ3v) is 7.14. The van der Waals surface area contributed by atoms with Crippen molar-refractivity contribution in [2.24, 2.45) is 0 Å². The molecule has 4 aromatic carbocycles. The zero-order chi connectivity index (χ0) is 21.7. The molecule has 0 bridgehead atoms. The summed E-state index contributed by atoms with van der Waals surface area (Å²) in [5.74, 6) is 0. The molecule has 0 aliphatic carbocycles. The molecule has 0 N–H and O–H groups in total. The molecule has 0 atom stereocenters. The second kappa shape index (κ2) is 7.85. The van der Waals surface area contributed by atoms with Crippen LogP contribution in [-0.2, 0) is 12.8 Å². The van der Waals surface area contributed by atoms with E-state index in [2.05, 4.69) is 62.4 Å². The molecule has 2 aliphatic rings. The maximum absolute atomic E-state index is 6.68. The summed E-state index contributed by atoms with van der Waals surface area (Å²) >= 11 is 0. The number of benzene rings is 4. The Labute approximate surface area is 188 Å². The molecule has 0 amide bonds. The third kappa shape index (κ3) is 2.92. The number of aryl methyl sites for hydroxylation is 2. The van der Waals surface area contributed by atoms with Crippen molar-refractivity contribution in [2.45, 2.75) is 65.2 Å². The molecule has 0 aromatic heterocycles. The molecule has 2 aliphatic heterocycles. The summed E-state index contributed by atoms with van der Waals surface area (Å²) in [4.78, 5) is 0. The van der Waals surface area contributed by atoms with E-state index in [0.29, 0.717) is 0 Å².